The van der Waals surface area contributed by atoms with Crippen molar-refractivity contribution in [2.45, 2.75) is 6.04 Å². The molecule has 0 aliphatic rings. The van der Waals surface area contributed by atoms with E-state index in [1.165, 1.54) is 26.0 Å². The van der Waals surface area contributed by atoms with Crippen LogP contribution in [-0.4, -0.2) is 43.6 Å². The summed E-state index contributed by atoms with van der Waals surface area (Å²) >= 11 is 7.11. The Morgan fingerprint density at radius 1 is 1.43 bits per heavy atom. The van der Waals surface area contributed by atoms with Crippen LogP contribution < -0.4 is 15.8 Å². The Morgan fingerprint density at radius 2 is 2.14 bits per heavy atom. The number of hydrogen-bond donors (Lipinski definition) is 2. The van der Waals surface area contributed by atoms with Gasteiger partial charge in [0.15, 0.2) is 0 Å². The third-order valence-corrected chi connectivity index (χ3v) is 3.77. The molecule has 0 fully saturated rings. The lowest BCUT2D eigenvalue weighted by molar-refractivity contribution is -0.141. The van der Waals surface area contributed by atoms with E-state index in [1.807, 2.05) is 0 Å². The summed E-state index contributed by atoms with van der Waals surface area (Å²) in [6.45, 7) is 0. The summed E-state index contributed by atoms with van der Waals surface area (Å²) in [5.74, 6) is 0.230. The molecule has 0 saturated heterocycles. The molecule has 21 heavy (non-hydrogen) atoms. The number of ether oxygens (including phenoxy) is 2. The topological polar surface area (TPSA) is 90.7 Å². The van der Waals surface area contributed by atoms with Gasteiger partial charge in [-0.25, -0.2) is 0 Å². The number of carbonyl (C=O) groups excluding carboxylic acids is 2. The first-order valence-electron chi connectivity index (χ1n) is 6.02. The summed E-state index contributed by atoms with van der Waals surface area (Å²) in [4.78, 5) is 22.9. The van der Waals surface area contributed by atoms with E-state index in [0.29, 0.717) is 22.2 Å². The normalized spacial score (nSPS) is 11.6. The predicted octanol–water partition coefficient (Wildman–Crippen LogP) is 1.52. The molecule has 1 amide bonds. The molecule has 0 aromatic heterocycles. The lowest BCUT2D eigenvalue weighted by Crippen LogP contribution is -2.34. The first-order valence-corrected chi connectivity index (χ1v) is 7.55. The minimum atomic E-state index is -0.742. The Hall–Kier alpha value is -1.44. The van der Waals surface area contributed by atoms with Gasteiger partial charge in [-0.2, -0.15) is 0 Å². The predicted molar refractivity (Wildman–Crippen MR) is 84.0 cm³/mol. The highest BCUT2D eigenvalue weighted by molar-refractivity contribution is 8.00. The van der Waals surface area contributed by atoms with Gasteiger partial charge in [0.1, 0.15) is 11.8 Å². The molecule has 1 atom stereocenters. The zero-order chi connectivity index (χ0) is 15.8. The fourth-order valence-electron chi connectivity index (χ4n) is 1.46. The van der Waals surface area contributed by atoms with Crippen molar-refractivity contribution < 1.29 is 19.1 Å². The number of anilines is 1. The zero-order valence-corrected chi connectivity index (χ0v) is 13.3. The van der Waals surface area contributed by atoms with E-state index >= 15 is 0 Å². The second-order valence-electron chi connectivity index (χ2n) is 4.04. The molecule has 116 valence electrons. The van der Waals surface area contributed by atoms with Gasteiger partial charge in [0.05, 0.1) is 25.7 Å². The smallest absolute Gasteiger partial charge is 0.323 e. The maximum Gasteiger partial charge on any atom is 0.323 e. The Morgan fingerprint density at radius 3 is 2.76 bits per heavy atom. The van der Waals surface area contributed by atoms with Crippen LogP contribution in [-0.2, 0) is 14.3 Å². The molecule has 0 heterocycles. The fourth-order valence-corrected chi connectivity index (χ4v) is 2.40. The highest BCUT2D eigenvalue weighted by atomic mass is 35.5. The van der Waals surface area contributed by atoms with Gasteiger partial charge in [0.25, 0.3) is 0 Å². The highest BCUT2D eigenvalue weighted by Gasteiger charge is 2.15. The van der Waals surface area contributed by atoms with Crippen LogP contribution in [0.4, 0.5) is 5.69 Å². The van der Waals surface area contributed by atoms with Gasteiger partial charge in [0, 0.05) is 10.8 Å². The summed E-state index contributed by atoms with van der Waals surface area (Å²) in [7, 11) is 2.77. The van der Waals surface area contributed by atoms with Crippen LogP contribution >= 0.6 is 23.4 Å². The average Bonchev–Trinajstić information content (AvgIpc) is 2.46. The lowest BCUT2D eigenvalue weighted by Gasteiger charge is -2.11. The van der Waals surface area contributed by atoms with Gasteiger partial charge in [-0.15, -0.1) is 11.8 Å². The number of esters is 1. The molecular weight excluding hydrogens is 316 g/mol. The van der Waals surface area contributed by atoms with Crippen molar-refractivity contribution in [2.24, 2.45) is 5.73 Å². The molecule has 0 radical (unpaired) electrons. The van der Waals surface area contributed by atoms with Gasteiger partial charge in [0.2, 0.25) is 5.91 Å². The monoisotopic (exact) mass is 332 g/mol. The minimum absolute atomic E-state index is 0.153. The lowest BCUT2D eigenvalue weighted by atomic mass is 10.3. The fraction of sp³-hybridized carbons (Fsp3) is 0.385. The van der Waals surface area contributed by atoms with Crippen LogP contribution in [0, 0.1) is 0 Å². The third kappa shape index (κ3) is 5.82. The summed E-state index contributed by atoms with van der Waals surface area (Å²) in [6, 6.07) is 4.19. The number of halogens is 1. The molecule has 6 nitrogen and oxygen atoms in total. The molecule has 0 spiro atoms. The van der Waals surface area contributed by atoms with E-state index in [4.69, 9.17) is 22.1 Å². The number of nitrogens with two attached hydrogens (primary N) is 1. The van der Waals surface area contributed by atoms with E-state index in [2.05, 4.69) is 10.1 Å². The molecule has 0 aliphatic carbocycles. The second kappa shape index (κ2) is 8.76. The molecule has 0 saturated carbocycles. The number of nitrogens with one attached hydrogen (secondary N) is 1. The number of amides is 1. The number of methoxy groups -OCH3 is 2. The van der Waals surface area contributed by atoms with E-state index in [1.54, 1.807) is 18.2 Å². The molecule has 0 aliphatic heterocycles. The number of rotatable bonds is 7. The standard InChI is InChI=1S/C13H17ClN2O4S/c1-19-11-4-3-8(14)5-10(11)16-12(17)7-21-6-9(15)13(18)20-2/h3-5,9H,6-7,15H2,1-2H3,(H,16,17). The van der Waals surface area contributed by atoms with E-state index < -0.39 is 12.0 Å². The summed E-state index contributed by atoms with van der Waals surface area (Å²) < 4.78 is 9.63. The van der Waals surface area contributed by atoms with Crippen molar-refractivity contribution in [2.75, 3.05) is 31.0 Å². The minimum Gasteiger partial charge on any atom is -0.495 e. The van der Waals surface area contributed by atoms with Crippen molar-refractivity contribution in [3.8, 4) is 5.75 Å². The van der Waals surface area contributed by atoms with Crippen LogP contribution in [0.25, 0.3) is 0 Å². The molecule has 1 rings (SSSR count). The maximum absolute atomic E-state index is 11.8. The molecule has 3 N–H and O–H groups in total. The third-order valence-electron chi connectivity index (χ3n) is 2.47. The molecule has 1 unspecified atom stereocenters. The van der Waals surface area contributed by atoms with Gasteiger partial charge in [-0.3, -0.25) is 9.59 Å². The molecule has 0 bridgehead atoms. The van der Waals surface area contributed by atoms with Crippen LogP contribution in [0.5, 0.6) is 5.75 Å². The number of hydrogen-bond acceptors (Lipinski definition) is 6. The van der Waals surface area contributed by atoms with Gasteiger partial charge < -0.3 is 20.5 Å². The first-order chi connectivity index (χ1) is 9.97. The number of thioether (sulfide) groups is 1. The number of carbonyl (C=O) groups is 2. The molecule has 1 aromatic rings. The summed E-state index contributed by atoms with van der Waals surface area (Å²) in [6.07, 6.45) is 0. The summed E-state index contributed by atoms with van der Waals surface area (Å²) in [5.41, 5.74) is 6.06. The van der Waals surface area contributed by atoms with Crippen LogP contribution in [0.2, 0.25) is 5.02 Å². The van der Waals surface area contributed by atoms with Crippen LogP contribution in [0.1, 0.15) is 0 Å². The second-order valence-corrected chi connectivity index (χ2v) is 5.50. The van der Waals surface area contributed by atoms with E-state index in [0.717, 1.165) is 0 Å². The van der Waals surface area contributed by atoms with Gasteiger partial charge >= 0.3 is 5.97 Å². The summed E-state index contributed by atoms with van der Waals surface area (Å²) in [5, 5.41) is 3.19. The van der Waals surface area contributed by atoms with Crippen molar-refractivity contribution >= 4 is 40.9 Å². The molecule has 1 aromatic carbocycles. The van der Waals surface area contributed by atoms with Crippen molar-refractivity contribution in [1.29, 1.82) is 0 Å². The van der Waals surface area contributed by atoms with Gasteiger partial charge in [-0.05, 0) is 18.2 Å². The van der Waals surface area contributed by atoms with Crippen molar-refractivity contribution in [3.63, 3.8) is 0 Å². The van der Waals surface area contributed by atoms with E-state index in [9.17, 15) is 9.59 Å². The first kappa shape index (κ1) is 17.6. The Bertz CT molecular complexity index is 513. The van der Waals surface area contributed by atoms with Crippen LogP contribution in [0.3, 0.4) is 0 Å². The Kier molecular flexibility index (Phi) is 7.35. The van der Waals surface area contributed by atoms with Crippen molar-refractivity contribution in [1.82, 2.24) is 0 Å². The van der Waals surface area contributed by atoms with E-state index in [-0.39, 0.29) is 11.7 Å². The molecular formula is C13H17ClN2O4S. The largest absolute Gasteiger partial charge is 0.495 e. The molecule has 8 heteroatoms. The maximum atomic E-state index is 11.8. The number of benzene rings is 1. The van der Waals surface area contributed by atoms with Crippen molar-refractivity contribution in [3.05, 3.63) is 23.2 Å². The SMILES string of the molecule is COC(=O)C(N)CSCC(=O)Nc1cc(Cl)ccc1OC. The Labute approximate surface area is 132 Å². The quantitative estimate of drug-likeness (QED) is 0.736. The highest BCUT2D eigenvalue weighted by Crippen LogP contribution is 2.27. The zero-order valence-electron chi connectivity index (χ0n) is 11.7. The van der Waals surface area contributed by atoms with Gasteiger partial charge in [-0.1, -0.05) is 11.6 Å². The van der Waals surface area contributed by atoms with Crippen LogP contribution in [0.15, 0.2) is 18.2 Å². The average molecular weight is 333 g/mol. The Balaban J connectivity index is 2.47.